The van der Waals surface area contributed by atoms with E-state index >= 15 is 0 Å². The van der Waals surface area contributed by atoms with Gasteiger partial charge in [-0.05, 0) is 17.5 Å². The van der Waals surface area contributed by atoms with Gasteiger partial charge in [-0.2, -0.15) is 4.31 Å². The van der Waals surface area contributed by atoms with Gasteiger partial charge in [0, 0.05) is 31.1 Å². The summed E-state index contributed by atoms with van der Waals surface area (Å²) in [4.78, 5) is 0.306. The van der Waals surface area contributed by atoms with Gasteiger partial charge in [-0.25, -0.2) is 8.42 Å². The van der Waals surface area contributed by atoms with Gasteiger partial charge in [-0.1, -0.05) is 36.4 Å². The second-order valence-corrected chi connectivity index (χ2v) is 7.35. The predicted octanol–water partition coefficient (Wildman–Crippen LogP) is 3.27. The van der Waals surface area contributed by atoms with Gasteiger partial charge in [0.05, 0.1) is 24.0 Å². The van der Waals surface area contributed by atoms with Crippen molar-refractivity contribution >= 4 is 20.8 Å². The molecule has 2 aromatic carbocycles. The first-order valence-electron chi connectivity index (χ1n) is 7.61. The maximum absolute atomic E-state index is 13.2. The van der Waals surface area contributed by atoms with Crippen molar-refractivity contribution in [2.24, 2.45) is 0 Å². The first-order chi connectivity index (χ1) is 11.6. The minimum Gasteiger partial charge on any atom is -0.472 e. The quantitative estimate of drug-likeness (QED) is 0.659. The van der Waals surface area contributed by atoms with Crippen LogP contribution in [0.4, 0.5) is 0 Å². The molecule has 0 bridgehead atoms. The summed E-state index contributed by atoms with van der Waals surface area (Å²) in [6.45, 7) is 0.834. The summed E-state index contributed by atoms with van der Waals surface area (Å²) in [6, 6.07) is 14.6. The molecule has 0 saturated carbocycles. The third-order valence-corrected chi connectivity index (χ3v) is 5.75. The van der Waals surface area contributed by atoms with Crippen molar-refractivity contribution in [3.63, 3.8) is 0 Å². The maximum Gasteiger partial charge on any atom is 0.244 e. The molecule has 5 nitrogen and oxygen atoms in total. The summed E-state index contributed by atoms with van der Waals surface area (Å²) in [5.74, 6) is 0. The zero-order valence-corrected chi connectivity index (χ0v) is 14.2. The van der Waals surface area contributed by atoms with Gasteiger partial charge in [0.2, 0.25) is 10.0 Å². The van der Waals surface area contributed by atoms with Crippen molar-refractivity contribution in [1.29, 1.82) is 0 Å². The van der Waals surface area contributed by atoms with Crippen molar-refractivity contribution in [3.05, 3.63) is 66.6 Å². The Hall–Kier alpha value is -2.15. The number of methoxy groups -OCH3 is 1. The van der Waals surface area contributed by atoms with E-state index in [1.54, 1.807) is 31.6 Å². The van der Waals surface area contributed by atoms with Gasteiger partial charge < -0.3 is 9.15 Å². The monoisotopic (exact) mass is 345 g/mol. The molecule has 24 heavy (non-hydrogen) atoms. The molecule has 0 atom stereocenters. The second-order valence-electron chi connectivity index (χ2n) is 5.44. The van der Waals surface area contributed by atoms with Crippen LogP contribution in [0.2, 0.25) is 0 Å². The van der Waals surface area contributed by atoms with Gasteiger partial charge in [-0.3, -0.25) is 0 Å². The van der Waals surface area contributed by atoms with Crippen LogP contribution in [0, 0.1) is 0 Å². The molecule has 0 amide bonds. The molecule has 0 unspecified atom stereocenters. The highest BCUT2D eigenvalue weighted by molar-refractivity contribution is 7.89. The highest BCUT2D eigenvalue weighted by Gasteiger charge is 2.26. The summed E-state index contributed by atoms with van der Waals surface area (Å²) >= 11 is 0. The molecule has 126 valence electrons. The largest absolute Gasteiger partial charge is 0.472 e. The Bertz CT molecular complexity index is 898. The van der Waals surface area contributed by atoms with Crippen molar-refractivity contribution in [2.75, 3.05) is 20.3 Å². The average Bonchev–Trinajstić information content (AvgIpc) is 3.11. The Morgan fingerprint density at radius 1 is 1.08 bits per heavy atom. The molecule has 0 spiro atoms. The van der Waals surface area contributed by atoms with E-state index in [0.29, 0.717) is 11.5 Å². The normalized spacial score (nSPS) is 12.1. The minimum atomic E-state index is -3.66. The zero-order chi connectivity index (χ0) is 17.0. The number of sulfonamides is 1. The fraction of sp³-hybridized carbons (Fsp3) is 0.222. The summed E-state index contributed by atoms with van der Waals surface area (Å²) < 4.78 is 38.0. The van der Waals surface area contributed by atoms with Crippen LogP contribution in [0.1, 0.15) is 5.56 Å². The second kappa shape index (κ2) is 7.17. The minimum absolute atomic E-state index is 0.241. The lowest BCUT2D eigenvalue weighted by Crippen LogP contribution is -2.33. The number of benzene rings is 2. The summed E-state index contributed by atoms with van der Waals surface area (Å²) in [5.41, 5.74) is 0.801. The van der Waals surface area contributed by atoms with E-state index in [-0.39, 0.29) is 13.1 Å². The number of ether oxygens (including phenoxy) is 1. The zero-order valence-electron chi connectivity index (χ0n) is 13.4. The molecular formula is C18H19NO4S. The number of nitrogens with zero attached hydrogens (tertiary/aromatic N) is 1. The van der Waals surface area contributed by atoms with E-state index in [9.17, 15) is 8.42 Å². The van der Waals surface area contributed by atoms with Crippen LogP contribution in [0.25, 0.3) is 10.8 Å². The van der Waals surface area contributed by atoms with Crippen LogP contribution in [0.15, 0.2) is 70.4 Å². The van der Waals surface area contributed by atoms with Gasteiger partial charge in [-0.15, -0.1) is 0 Å². The Labute approximate surface area is 141 Å². The highest BCUT2D eigenvalue weighted by Crippen LogP contribution is 2.26. The molecule has 3 aromatic rings. The lowest BCUT2D eigenvalue weighted by atomic mass is 10.1. The number of hydrogen-bond donors (Lipinski definition) is 0. The van der Waals surface area contributed by atoms with Crippen LogP contribution in [-0.4, -0.2) is 33.0 Å². The number of hydrogen-bond acceptors (Lipinski definition) is 4. The van der Waals surface area contributed by atoms with Gasteiger partial charge in [0.25, 0.3) is 0 Å². The molecule has 0 aliphatic rings. The number of rotatable bonds is 7. The summed E-state index contributed by atoms with van der Waals surface area (Å²) in [5, 5.41) is 1.61. The molecule has 0 fully saturated rings. The van der Waals surface area contributed by atoms with E-state index < -0.39 is 10.0 Å². The maximum atomic E-state index is 13.2. The molecule has 0 aliphatic carbocycles. The van der Waals surface area contributed by atoms with Gasteiger partial charge in [0.15, 0.2) is 0 Å². The molecule has 1 heterocycles. The van der Waals surface area contributed by atoms with Crippen molar-refractivity contribution in [3.8, 4) is 0 Å². The topological polar surface area (TPSA) is 59.8 Å². The van der Waals surface area contributed by atoms with Crippen LogP contribution in [-0.2, 0) is 21.3 Å². The van der Waals surface area contributed by atoms with Crippen molar-refractivity contribution in [2.45, 2.75) is 11.4 Å². The number of fused-ring (bicyclic) bond motifs is 1. The van der Waals surface area contributed by atoms with E-state index in [0.717, 1.165) is 16.3 Å². The van der Waals surface area contributed by atoms with Crippen LogP contribution >= 0.6 is 0 Å². The molecule has 0 saturated heterocycles. The average molecular weight is 345 g/mol. The SMILES string of the molecule is COCCN(Cc1ccoc1)S(=O)(=O)c1cccc2ccccc12. The molecule has 1 aromatic heterocycles. The first kappa shape index (κ1) is 16.7. The van der Waals surface area contributed by atoms with E-state index in [2.05, 4.69) is 0 Å². The standard InChI is InChI=1S/C18H19NO4S/c1-22-12-10-19(13-15-9-11-23-14-15)24(20,21)18-8-4-6-16-5-2-3-7-17(16)18/h2-9,11,14H,10,12-13H2,1H3. The van der Waals surface area contributed by atoms with Crippen LogP contribution in [0.5, 0.6) is 0 Å². The molecular weight excluding hydrogens is 326 g/mol. The molecule has 0 N–H and O–H groups in total. The van der Waals surface area contributed by atoms with Gasteiger partial charge >= 0.3 is 0 Å². The van der Waals surface area contributed by atoms with Crippen molar-refractivity contribution in [1.82, 2.24) is 4.31 Å². The third kappa shape index (κ3) is 3.36. The fourth-order valence-electron chi connectivity index (χ4n) is 2.62. The van der Waals surface area contributed by atoms with Crippen LogP contribution in [0.3, 0.4) is 0 Å². The molecule has 3 rings (SSSR count). The van der Waals surface area contributed by atoms with Crippen LogP contribution < -0.4 is 0 Å². The van der Waals surface area contributed by atoms with E-state index in [4.69, 9.17) is 9.15 Å². The molecule has 0 aliphatic heterocycles. The van der Waals surface area contributed by atoms with E-state index in [1.807, 2.05) is 30.3 Å². The third-order valence-electron chi connectivity index (χ3n) is 3.85. The Morgan fingerprint density at radius 2 is 1.88 bits per heavy atom. The van der Waals surface area contributed by atoms with E-state index in [1.165, 1.54) is 10.6 Å². The first-order valence-corrected chi connectivity index (χ1v) is 9.05. The van der Waals surface area contributed by atoms with Crippen molar-refractivity contribution < 1.29 is 17.6 Å². The lowest BCUT2D eigenvalue weighted by Gasteiger charge is -2.22. The molecule has 0 radical (unpaired) electrons. The lowest BCUT2D eigenvalue weighted by molar-refractivity contribution is 0.177. The predicted molar refractivity (Wildman–Crippen MR) is 92.1 cm³/mol. The Kier molecular flexibility index (Phi) is 4.99. The fourth-order valence-corrected chi connectivity index (χ4v) is 4.25. The Balaban J connectivity index is 2.03. The van der Waals surface area contributed by atoms with Gasteiger partial charge in [0.1, 0.15) is 0 Å². The Morgan fingerprint density at radius 3 is 2.62 bits per heavy atom. The summed E-state index contributed by atoms with van der Waals surface area (Å²) in [7, 11) is -2.11. The smallest absolute Gasteiger partial charge is 0.244 e. The highest BCUT2D eigenvalue weighted by atomic mass is 32.2. The number of furan rings is 1. The summed E-state index contributed by atoms with van der Waals surface area (Å²) in [6.07, 6.45) is 3.09. The molecule has 6 heteroatoms.